The molecule has 160 valence electrons. The Labute approximate surface area is 183 Å². The molecule has 0 aliphatic carbocycles. The highest BCUT2D eigenvalue weighted by Crippen LogP contribution is 2.33. The van der Waals surface area contributed by atoms with Gasteiger partial charge in [0.15, 0.2) is 5.82 Å². The van der Waals surface area contributed by atoms with Gasteiger partial charge in [0.2, 0.25) is 11.1 Å². The van der Waals surface area contributed by atoms with E-state index in [0.717, 1.165) is 4.88 Å². The van der Waals surface area contributed by atoms with E-state index in [2.05, 4.69) is 29.4 Å². The van der Waals surface area contributed by atoms with Gasteiger partial charge in [0.25, 0.3) is 0 Å². The lowest BCUT2D eigenvalue weighted by Gasteiger charge is -2.21. The summed E-state index contributed by atoms with van der Waals surface area (Å²) in [6, 6.07) is 9.36. The van der Waals surface area contributed by atoms with Gasteiger partial charge >= 0.3 is 0 Å². The van der Waals surface area contributed by atoms with Crippen molar-refractivity contribution in [2.75, 3.05) is 25.8 Å². The molecule has 0 fully saturated rings. The Morgan fingerprint density at radius 1 is 1.27 bits per heavy atom. The van der Waals surface area contributed by atoms with Crippen molar-refractivity contribution in [3.63, 3.8) is 0 Å². The molecule has 0 unspecified atom stereocenters. The van der Waals surface area contributed by atoms with Crippen LogP contribution in [0.3, 0.4) is 0 Å². The molecule has 30 heavy (non-hydrogen) atoms. The van der Waals surface area contributed by atoms with Crippen molar-refractivity contribution in [2.24, 2.45) is 5.92 Å². The van der Waals surface area contributed by atoms with Crippen molar-refractivity contribution in [3.05, 3.63) is 40.6 Å². The number of carbonyl (C=O) groups excluding carboxylic acids is 1. The lowest BCUT2D eigenvalue weighted by atomic mass is 10.0. The average molecular weight is 448 g/mol. The number of hydrogen-bond acceptors (Lipinski definition) is 8. The molecule has 0 saturated heterocycles. The normalized spacial score (nSPS) is 12.0. The number of aromatic nitrogens is 3. The Bertz CT molecular complexity index is 989. The fraction of sp³-hybridized carbons (Fsp3) is 0.350. The topological polar surface area (TPSA) is 104 Å². The molecule has 1 atom stereocenters. The van der Waals surface area contributed by atoms with Gasteiger partial charge in [-0.2, -0.15) is 0 Å². The summed E-state index contributed by atoms with van der Waals surface area (Å²) in [7, 11) is 3.15. The van der Waals surface area contributed by atoms with Gasteiger partial charge in [-0.1, -0.05) is 31.7 Å². The number of amides is 1. The van der Waals surface area contributed by atoms with Gasteiger partial charge in [0.05, 0.1) is 31.6 Å². The van der Waals surface area contributed by atoms with Crippen LogP contribution in [-0.2, 0) is 4.79 Å². The van der Waals surface area contributed by atoms with Crippen LogP contribution in [0.1, 0.15) is 24.8 Å². The number of nitrogens with zero attached hydrogens (tertiary/aromatic N) is 3. The summed E-state index contributed by atoms with van der Waals surface area (Å²) >= 11 is 2.87. The minimum absolute atomic E-state index is 0.0204. The molecule has 3 aromatic rings. The standard InChI is InChI=1S/C20H25N5O3S2/c1-12(2)18(16-6-5-9-29-16)22-17(26)11-30-20-24-23-19(25(20)21)14-8-7-13(27-3)10-15(14)28-4/h5-10,12,18H,11,21H2,1-4H3,(H,22,26)/t18-/m0/s1. The van der Waals surface area contributed by atoms with Crippen LogP contribution >= 0.6 is 23.1 Å². The molecule has 10 heteroatoms. The van der Waals surface area contributed by atoms with E-state index < -0.39 is 0 Å². The van der Waals surface area contributed by atoms with Crippen molar-refractivity contribution in [1.29, 1.82) is 0 Å². The summed E-state index contributed by atoms with van der Waals surface area (Å²) < 4.78 is 12.0. The molecule has 2 heterocycles. The molecule has 0 spiro atoms. The van der Waals surface area contributed by atoms with Crippen LogP contribution in [0.4, 0.5) is 0 Å². The Balaban J connectivity index is 1.69. The molecule has 3 N–H and O–H groups in total. The Kier molecular flexibility index (Phi) is 7.22. The smallest absolute Gasteiger partial charge is 0.230 e. The van der Waals surface area contributed by atoms with E-state index in [-0.39, 0.29) is 23.6 Å². The number of methoxy groups -OCH3 is 2. The molecule has 3 rings (SSSR count). The van der Waals surface area contributed by atoms with Gasteiger partial charge in [0.1, 0.15) is 11.5 Å². The van der Waals surface area contributed by atoms with E-state index in [4.69, 9.17) is 15.3 Å². The monoisotopic (exact) mass is 447 g/mol. The van der Waals surface area contributed by atoms with Gasteiger partial charge in [-0.05, 0) is 29.5 Å². The third-order valence-electron chi connectivity index (χ3n) is 4.48. The van der Waals surface area contributed by atoms with E-state index in [9.17, 15) is 4.79 Å². The Morgan fingerprint density at radius 3 is 2.70 bits per heavy atom. The number of hydrogen-bond donors (Lipinski definition) is 2. The summed E-state index contributed by atoms with van der Waals surface area (Å²) in [6.07, 6.45) is 0. The highest BCUT2D eigenvalue weighted by Gasteiger charge is 2.21. The van der Waals surface area contributed by atoms with Crippen molar-refractivity contribution >= 4 is 29.0 Å². The molecule has 0 saturated carbocycles. The van der Waals surface area contributed by atoms with E-state index >= 15 is 0 Å². The molecule has 1 aromatic carbocycles. The quantitative estimate of drug-likeness (QED) is 0.383. The molecule has 0 bridgehead atoms. The number of benzene rings is 1. The Morgan fingerprint density at radius 2 is 2.07 bits per heavy atom. The average Bonchev–Trinajstić information content (AvgIpc) is 3.40. The number of rotatable bonds is 9. The molecule has 0 aliphatic heterocycles. The first-order chi connectivity index (χ1) is 14.4. The predicted octanol–water partition coefficient (Wildman–Crippen LogP) is 3.34. The highest BCUT2D eigenvalue weighted by molar-refractivity contribution is 7.99. The molecular formula is C20H25N5O3S2. The largest absolute Gasteiger partial charge is 0.497 e. The minimum Gasteiger partial charge on any atom is -0.497 e. The van der Waals surface area contributed by atoms with Crippen LogP contribution < -0.4 is 20.6 Å². The lowest BCUT2D eigenvalue weighted by molar-refractivity contribution is -0.119. The number of nitrogens with one attached hydrogen (secondary N) is 1. The zero-order chi connectivity index (χ0) is 21.7. The number of thioether (sulfide) groups is 1. The van der Waals surface area contributed by atoms with Gasteiger partial charge in [0, 0.05) is 10.9 Å². The van der Waals surface area contributed by atoms with Crippen LogP contribution in [0.2, 0.25) is 0 Å². The summed E-state index contributed by atoms with van der Waals surface area (Å²) in [6.45, 7) is 4.17. The number of thiophene rings is 1. The van der Waals surface area contributed by atoms with Gasteiger partial charge in [-0.15, -0.1) is 21.5 Å². The molecule has 0 radical (unpaired) electrons. The maximum absolute atomic E-state index is 12.5. The number of nitrogens with two attached hydrogens (primary N) is 1. The van der Waals surface area contributed by atoms with E-state index in [1.54, 1.807) is 43.8 Å². The van der Waals surface area contributed by atoms with Crippen LogP contribution in [0.15, 0.2) is 40.9 Å². The molecule has 8 nitrogen and oxygen atoms in total. The molecule has 0 aliphatic rings. The highest BCUT2D eigenvalue weighted by atomic mass is 32.2. The minimum atomic E-state index is -0.0846. The lowest BCUT2D eigenvalue weighted by Crippen LogP contribution is -2.32. The van der Waals surface area contributed by atoms with Crippen LogP contribution in [-0.4, -0.2) is 40.8 Å². The van der Waals surface area contributed by atoms with E-state index in [1.807, 2.05) is 17.5 Å². The second-order valence-corrected chi connectivity index (χ2v) is 8.76. The first-order valence-electron chi connectivity index (χ1n) is 9.33. The summed E-state index contributed by atoms with van der Waals surface area (Å²) in [5.74, 6) is 8.25. The first-order valence-corrected chi connectivity index (χ1v) is 11.2. The summed E-state index contributed by atoms with van der Waals surface area (Å²) in [5, 5.41) is 13.9. The van der Waals surface area contributed by atoms with Gasteiger partial charge < -0.3 is 20.6 Å². The van der Waals surface area contributed by atoms with Crippen LogP contribution in [0.5, 0.6) is 11.5 Å². The number of nitrogen functional groups attached to an aromatic ring is 1. The van der Waals surface area contributed by atoms with Crippen molar-refractivity contribution in [2.45, 2.75) is 25.0 Å². The maximum atomic E-state index is 12.5. The zero-order valence-corrected chi connectivity index (χ0v) is 18.9. The third-order valence-corrected chi connectivity index (χ3v) is 6.38. The SMILES string of the molecule is COc1ccc(-c2nnc(SCC(=O)N[C@H](c3cccs3)C(C)C)n2N)c(OC)c1. The number of carbonyl (C=O) groups is 1. The van der Waals surface area contributed by atoms with Crippen molar-refractivity contribution < 1.29 is 14.3 Å². The maximum Gasteiger partial charge on any atom is 0.230 e. The zero-order valence-electron chi connectivity index (χ0n) is 17.3. The molecular weight excluding hydrogens is 422 g/mol. The summed E-state index contributed by atoms with van der Waals surface area (Å²) in [4.78, 5) is 13.7. The van der Waals surface area contributed by atoms with Gasteiger partial charge in [-0.3, -0.25) is 4.79 Å². The van der Waals surface area contributed by atoms with Crippen LogP contribution in [0.25, 0.3) is 11.4 Å². The Hall–Kier alpha value is -2.72. The van der Waals surface area contributed by atoms with E-state index in [0.29, 0.717) is 28.0 Å². The van der Waals surface area contributed by atoms with Crippen molar-refractivity contribution in [3.8, 4) is 22.9 Å². The predicted molar refractivity (Wildman–Crippen MR) is 119 cm³/mol. The second kappa shape index (κ2) is 9.86. The number of ether oxygens (including phenoxy) is 2. The summed E-state index contributed by atoms with van der Waals surface area (Å²) in [5.41, 5.74) is 0.683. The first kappa shape index (κ1) is 22.0. The van der Waals surface area contributed by atoms with Crippen molar-refractivity contribution in [1.82, 2.24) is 20.2 Å². The third kappa shape index (κ3) is 4.88. The fourth-order valence-electron chi connectivity index (χ4n) is 2.92. The van der Waals surface area contributed by atoms with E-state index in [1.165, 1.54) is 16.4 Å². The second-order valence-electron chi connectivity index (χ2n) is 6.84. The van der Waals surface area contributed by atoms with Crippen LogP contribution in [0, 0.1) is 5.92 Å². The molecule has 2 aromatic heterocycles. The fourth-order valence-corrected chi connectivity index (χ4v) is 4.54. The molecule has 1 amide bonds. The van der Waals surface area contributed by atoms with Gasteiger partial charge in [-0.25, -0.2) is 4.68 Å².